The fraction of sp³-hybridized carbons (Fsp3) is 0.483. The summed E-state index contributed by atoms with van der Waals surface area (Å²) in [7, 11) is 1.69. The van der Waals surface area contributed by atoms with Crippen LogP contribution in [0.4, 0.5) is 11.4 Å². The second kappa shape index (κ2) is 8.33. The normalized spacial score (nSPS) is 33.2. The number of fused-ring (bicyclic) bond motifs is 5. The summed E-state index contributed by atoms with van der Waals surface area (Å²) < 4.78 is 18.3. The predicted molar refractivity (Wildman–Crippen MR) is 137 cm³/mol. The van der Waals surface area contributed by atoms with Crippen LogP contribution in [0.25, 0.3) is 0 Å². The Hall–Kier alpha value is -2.87. The van der Waals surface area contributed by atoms with Gasteiger partial charge in [-0.05, 0) is 55.0 Å². The van der Waals surface area contributed by atoms with E-state index in [0.29, 0.717) is 31.7 Å². The topological polar surface area (TPSA) is 54.5 Å². The Bertz CT molecular complexity index is 1180. The molecule has 36 heavy (non-hydrogen) atoms. The Morgan fingerprint density at radius 2 is 1.72 bits per heavy atom. The summed E-state index contributed by atoms with van der Waals surface area (Å²) >= 11 is 0. The number of carbonyl (C=O) groups excluding carboxylic acids is 1. The first-order valence-corrected chi connectivity index (χ1v) is 13.1. The number of anilines is 2. The highest BCUT2D eigenvalue weighted by molar-refractivity contribution is 6.06. The number of para-hydroxylation sites is 1. The van der Waals surface area contributed by atoms with E-state index in [1.807, 2.05) is 41.3 Å². The van der Waals surface area contributed by atoms with E-state index in [-0.39, 0.29) is 11.3 Å². The molecule has 188 valence electrons. The molecule has 2 aromatic rings. The van der Waals surface area contributed by atoms with Crippen molar-refractivity contribution in [2.75, 3.05) is 63.0 Å². The van der Waals surface area contributed by atoms with E-state index in [1.165, 1.54) is 12.1 Å². The van der Waals surface area contributed by atoms with Crippen LogP contribution in [0.3, 0.4) is 0 Å². The minimum absolute atomic E-state index is 0.0189. The zero-order valence-electron chi connectivity index (χ0n) is 20.8. The van der Waals surface area contributed by atoms with E-state index in [0.717, 1.165) is 49.6 Å². The number of hydrogen-bond acceptors (Lipinski definition) is 6. The molecule has 2 saturated heterocycles. The quantitative estimate of drug-likeness (QED) is 0.615. The van der Waals surface area contributed by atoms with Gasteiger partial charge in [-0.2, -0.15) is 0 Å². The molecule has 3 aliphatic heterocycles. The summed E-state index contributed by atoms with van der Waals surface area (Å²) in [6.07, 6.45) is 6.97. The van der Waals surface area contributed by atoms with Gasteiger partial charge in [-0.15, -0.1) is 0 Å². The number of nitrogens with zero attached hydrogens (tertiary/aromatic N) is 3. The molecule has 3 heterocycles. The van der Waals surface area contributed by atoms with Gasteiger partial charge >= 0.3 is 0 Å². The van der Waals surface area contributed by atoms with E-state index in [9.17, 15) is 4.79 Å². The van der Waals surface area contributed by atoms with Crippen LogP contribution < -0.4 is 14.5 Å². The Morgan fingerprint density at radius 3 is 2.39 bits per heavy atom. The molecule has 7 heteroatoms. The van der Waals surface area contributed by atoms with Crippen molar-refractivity contribution in [3.05, 3.63) is 66.2 Å². The Labute approximate surface area is 212 Å². The fourth-order valence-electron chi connectivity index (χ4n) is 6.91. The van der Waals surface area contributed by atoms with Gasteiger partial charge in [-0.3, -0.25) is 14.6 Å². The summed E-state index contributed by atoms with van der Waals surface area (Å²) in [6, 6.07) is 16.2. The number of allylic oxidation sites excluding steroid dienone is 2. The first kappa shape index (κ1) is 22.3. The number of benzene rings is 2. The lowest BCUT2D eigenvalue weighted by atomic mass is 9.76. The van der Waals surface area contributed by atoms with Gasteiger partial charge < -0.3 is 19.1 Å². The average Bonchev–Trinajstić information content (AvgIpc) is 3.59. The summed E-state index contributed by atoms with van der Waals surface area (Å²) in [4.78, 5) is 20.5. The maximum absolute atomic E-state index is 13.9. The standard InChI is InChI=1S/C29H33N3O4/c1-34-24-10-8-23(9-11-24)31-14-12-30(13-15-31)20-32-26-5-3-2-4-25(26)29(27(32)33)35-18-28(19-36-29)17-21-6-7-22(28)16-21/h2-11,21-22H,12-20H2,1H3. The number of ether oxygens (including phenoxy) is 3. The molecule has 0 N–H and O–H groups in total. The van der Waals surface area contributed by atoms with Gasteiger partial charge in [0.15, 0.2) is 0 Å². The van der Waals surface area contributed by atoms with Gasteiger partial charge in [0.25, 0.3) is 11.7 Å². The molecular weight excluding hydrogens is 454 g/mol. The number of piperazine rings is 1. The molecule has 2 aliphatic carbocycles. The predicted octanol–water partition coefficient (Wildman–Crippen LogP) is 3.60. The molecule has 3 fully saturated rings. The lowest BCUT2D eigenvalue weighted by Gasteiger charge is -2.45. The van der Waals surface area contributed by atoms with Crippen molar-refractivity contribution in [3.63, 3.8) is 0 Å². The third kappa shape index (κ3) is 3.33. The third-order valence-electron chi connectivity index (χ3n) is 8.98. The van der Waals surface area contributed by atoms with Crippen LogP contribution in [-0.4, -0.2) is 64.0 Å². The van der Waals surface area contributed by atoms with Crippen LogP contribution in [0.5, 0.6) is 5.75 Å². The molecule has 0 radical (unpaired) electrons. The molecule has 2 bridgehead atoms. The molecule has 2 aromatic carbocycles. The first-order valence-electron chi connectivity index (χ1n) is 13.1. The molecule has 2 spiro atoms. The Morgan fingerprint density at radius 1 is 0.972 bits per heavy atom. The van der Waals surface area contributed by atoms with E-state index in [4.69, 9.17) is 14.2 Å². The number of rotatable bonds is 4. The maximum atomic E-state index is 13.9. The molecule has 7 nitrogen and oxygen atoms in total. The molecule has 1 saturated carbocycles. The molecule has 2 unspecified atom stereocenters. The van der Waals surface area contributed by atoms with Crippen LogP contribution in [0, 0.1) is 17.3 Å². The van der Waals surface area contributed by atoms with Crippen molar-refractivity contribution in [1.29, 1.82) is 0 Å². The van der Waals surface area contributed by atoms with Gasteiger partial charge in [-0.25, -0.2) is 0 Å². The van der Waals surface area contributed by atoms with Gasteiger partial charge in [0.2, 0.25) is 0 Å². The molecule has 5 aliphatic rings. The minimum atomic E-state index is -1.31. The maximum Gasteiger partial charge on any atom is 0.293 e. The van der Waals surface area contributed by atoms with Gasteiger partial charge in [0.1, 0.15) is 5.75 Å². The number of methoxy groups -OCH3 is 1. The van der Waals surface area contributed by atoms with Crippen molar-refractivity contribution < 1.29 is 19.0 Å². The van der Waals surface area contributed by atoms with Gasteiger partial charge in [0, 0.05) is 42.8 Å². The van der Waals surface area contributed by atoms with E-state index < -0.39 is 5.79 Å². The summed E-state index contributed by atoms with van der Waals surface area (Å²) in [6.45, 7) is 5.27. The minimum Gasteiger partial charge on any atom is -0.497 e. The summed E-state index contributed by atoms with van der Waals surface area (Å²) in [5.74, 6) is 0.612. The molecule has 0 aromatic heterocycles. The second-order valence-corrected chi connectivity index (χ2v) is 10.9. The summed E-state index contributed by atoms with van der Waals surface area (Å²) in [5, 5.41) is 0. The fourth-order valence-corrected chi connectivity index (χ4v) is 6.91. The highest BCUT2D eigenvalue weighted by Crippen LogP contribution is 2.57. The van der Waals surface area contributed by atoms with Crippen molar-refractivity contribution >= 4 is 17.3 Å². The van der Waals surface area contributed by atoms with Crippen LogP contribution in [0.2, 0.25) is 0 Å². The van der Waals surface area contributed by atoms with Crippen molar-refractivity contribution in [1.82, 2.24) is 4.90 Å². The number of carbonyl (C=O) groups is 1. The van der Waals surface area contributed by atoms with Crippen LogP contribution in [0.15, 0.2) is 60.7 Å². The second-order valence-electron chi connectivity index (χ2n) is 10.9. The van der Waals surface area contributed by atoms with Gasteiger partial charge in [0.05, 0.1) is 32.7 Å². The van der Waals surface area contributed by atoms with Crippen molar-refractivity contribution in [3.8, 4) is 5.75 Å². The van der Waals surface area contributed by atoms with E-state index in [2.05, 4.69) is 34.1 Å². The lowest BCUT2D eigenvalue weighted by Crippen LogP contribution is -2.56. The number of amides is 1. The SMILES string of the molecule is COc1ccc(N2CCN(CN3C(=O)C4(OCC5(CO4)CC4C=CC5C4)c4ccccc43)CC2)cc1. The van der Waals surface area contributed by atoms with E-state index in [1.54, 1.807) is 7.11 Å². The molecule has 7 rings (SSSR count). The van der Waals surface area contributed by atoms with Crippen LogP contribution >= 0.6 is 0 Å². The largest absolute Gasteiger partial charge is 0.497 e. The first-order chi connectivity index (χ1) is 17.6. The van der Waals surface area contributed by atoms with E-state index >= 15 is 0 Å². The lowest BCUT2D eigenvalue weighted by molar-refractivity contribution is -0.295. The molecule has 2 atom stereocenters. The van der Waals surface area contributed by atoms with Crippen molar-refractivity contribution in [2.45, 2.75) is 18.6 Å². The highest BCUT2D eigenvalue weighted by Gasteiger charge is 2.61. The van der Waals surface area contributed by atoms with Crippen molar-refractivity contribution in [2.24, 2.45) is 17.3 Å². The van der Waals surface area contributed by atoms with Gasteiger partial charge in [-0.1, -0.05) is 30.4 Å². The van der Waals surface area contributed by atoms with Crippen LogP contribution in [0.1, 0.15) is 18.4 Å². The zero-order chi connectivity index (χ0) is 24.3. The molecule has 1 amide bonds. The average molecular weight is 488 g/mol. The molecular formula is C29H33N3O4. The Kier molecular flexibility index (Phi) is 5.17. The number of hydrogen-bond donors (Lipinski definition) is 0. The summed E-state index contributed by atoms with van der Waals surface area (Å²) in [5.41, 5.74) is 2.97. The third-order valence-corrected chi connectivity index (χ3v) is 8.98. The zero-order valence-corrected chi connectivity index (χ0v) is 20.8. The monoisotopic (exact) mass is 487 g/mol. The van der Waals surface area contributed by atoms with Crippen LogP contribution in [-0.2, 0) is 20.1 Å². The smallest absolute Gasteiger partial charge is 0.293 e. The Balaban J connectivity index is 1.05. The highest BCUT2D eigenvalue weighted by atomic mass is 16.7.